The monoisotopic (exact) mass is 996 g/mol. The van der Waals surface area contributed by atoms with Crippen LogP contribution >= 0.6 is 0 Å². The van der Waals surface area contributed by atoms with Crippen LogP contribution in [-0.4, -0.2) is 63.4 Å². The van der Waals surface area contributed by atoms with Crippen LogP contribution in [-0.2, 0) is 9.47 Å². The lowest BCUT2D eigenvalue weighted by Gasteiger charge is -2.19. The molecule has 0 heterocycles. The first-order valence-corrected chi connectivity index (χ1v) is 21.2. The molecule has 72 heavy (non-hydrogen) atoms. The molecule has 0 saturated heterocycles. The van der Waals surface area contributed by atoms with Crippen LogP contribution < -0.4 is 31.9 Å². The molecule has 0 aliphatic heterocycles. The van der Waals surface area contributed by atoms with Crippen molar-refractivity contribution in [1.29, 1.82) is 0 Å². The highest BCUT2D eigenvalue weighted by Gasteiger charge is 2.20. The van der Waals surface area contributed by atoms with Crippen LogP contribution in [0.15, 0.2) is 133 Å². The maximum Gasteiger partial charge on any atom is 0.412 e. The van der Waals surface area contributed by atoms with Crippen molar-refractivity contribution in [2.24, 2.45) is 0 Å². The number of hydrogen-bond acceptors (Lipinski definition) is 9. The van der Waals surface area contributed by atoms with E-state index in [1.165, 1.54) is 60.7 Å². The molecule has 0 radical (unpaired) electrons. The number of anilines is 6. The van der Waals surface area contributed by atoms with E-state index in [9.17, 15) is 51.1 Å². The Labute approximate surface area is 409 Å². The van der Waals surface area contributed by atoms with Gasteiger partial charge in [0.1, 0.15) is 22.8 Å². The molecule has 8 N–H and O–H groups in total. The fourth-order valence-electron chi connectivity index (χ4n) is 5.69. The fraction of sp³-hybridized carbons (Fsp3) is 0.157. The number of nitrogens with one attached hydrogen (secondary N) is 6. The van der Waals surface area contributed by atoms with Gasteiger partial charge in [-0.1, -0.05) is 18.2 Å². The smallest absolute Gasteiger partial charge is 0.412 e. The van der Waals surface area contributed by atoms with Gasteiger partial charge in [-0.25, -0.2) is 36.7 Å². The van der Waals surface area contributed by atoms with E-state index >= 15 is 0 Å². The van der Waals surface area contributed by atoms with Gasteiger partial charge in [0.05, 0.1) is 22.3 Å². The van der Waals surface area contributed by atoms with Crippen molar-refractivity contribution in [3.8, 4) is 0 Å². The first-order valence-electron chi connectivity index (χ1n) is 21.2. The van der Waals surface area contributed by atoms with Crippen molar-refractivity contribution in [3.63, 3.8) is 0 Å². The van der Waals surface area contributed by atoms with Gasteiger partial charge in [-0.15, -0.1) is 0 Å². The third-order valence-corrected chi connectivity index (χ3v) is 8.74. The number of rotatable bonds is 10. The summed E-state index contributed by atoms with van der Waals surface area (Å²) < 4.78 is 63.5. The van der Waals surface area contributed by atoms with Crippen molar-refractivity contribution in [2.75, 3.05) is 31.9 Å². The average molecular weight is 997 g/mol. The Morgan fingerprint density at radius 2 is 0.764 bits per heavy atom. The van der Waals surface area contributed by atoms with Gasteiger partial charge >= 0.3 is 24.2 Å². The SMILES string of the molecule is CC(C)(C)OC(=O)Nc1ccc(NC(=O)c2cccc(F)c2F)cc1.CC(C)(C)OC(=O)Nc1ccc(NC(=O)c2ccccc2C(=O)O)cc1.O=C(O)Nc1ccc(NC(=O)c2cc(F)ccc2F)cc1. The van der Waals surface area contributed by atoms with Crippen LogP contribution in [0.5, 0.6) is 0 Å². The maximum atomic E-state index is 13.6. The topological polar surface area (TPSA) is 251 Å². The second-order valence-electron chi connectivity index (χ2n) is 16.9. The second-order valence-corrected chi connectivity index (χ2v) is 16.9. The zero-order chi connectivity index (χ0) is 53.3. The highest BCUT2D eigenvalue weighted by Crippen LogP contribution is 2.21. The molecule has 0 fully saturated rings. The summed E-state index contributed by atoms with van der Waals surface area (Å²) in [4.78, 5) is 81.1. The minimum Gasteiger partial charge on any atom is -0.478 e. The summed E-state index contributed by atoms with van der Waals surface area (Å²) in [6.07, 6.45) is -2.40. The minimum absolute atomic E-state index is 0.0657. The highest BCUT2D eigenvalue weighted by molar-refractivity contribution is 6.11. The number of halogens is 4. The summed E-state index contributed by atoms with van der Waals surface area (Å²) in [5.74, 6) is -7.13. The van der Waals surface area contributed by atoms with Gasteiger partial charge in [-0.05, 0) is 157 Å². The number of aromatic carboxylic acids is 1. The molecule has 6 aromatic rings. The lowest BCUT2D eigenvalue weighted by Crippen LogP contribution is -2.27. The van der Waals surface area contributed by atoms with E-state index in [0.29, 0.717) is 34.1 Å². The highest BCUT2D eigenvalue weighted by atomic mass is 19.2. The molecule has 0 aliphatic rings. The molecule has 0 atom stereocenters. The van der Waals surface area contributed by atoms with Crippen LogP contribution in [0.1, 0.15) is 83.0 Å². The Hall–Kier alpha value is -9.27. The third-order valence-electron chi connectivity index (χ3n) is 8.74. The first kappa shape index (κ1) is 55.3. The third kappa shape index (κ3) is 18.3. The van der Waals surface area contributed by atoms with E-state index in [2.05, 4.69) is 31.9 Å². The Bertz CT molecular complexity index is 2920. The quantitative estimate of drug-likeness (QED) is 0.0599. The summed E-state index contributed by atoms with van der Waals surface area (Å²) in [5.41, 5.74) is 0.392. The Kier molecular flexibility index (Phi) is 19.1. The molecule has 6 rings (SSSR count). The molecular formula is C51H48F4N6O11. The normalized spacial score (nSPS) is 10.6. The lowest BCUT2D eigenvalue weighted by molar-refractivity contribution is 0.0624. The molecule has 0 spiro atoms. The Morgan fingerprint density at radius 1 is 0.403 bits per heavy atom. The molecule has 0 bridgehead atoms. The number of ether oxygens (including phenoxy) is 2. The van der Waals surface area contributed by atoms with Gasteiger partial charge in [0.15, 0.2) is 11.6 Å². The zero-order valence-corrected chi connectivity index (χ0v) is 39.3. The summed E-state index contributed by atoms with van der Waals surface area (Å²) in [6.45, 7) is 10.5. The van der Waals surface area contributed by atoms with Gasteiger partial charge in [0.2, 0.25) is 0 Å². The van der Waals surface area contributed by atoms with Crippen molar-refractivity contribution in [3.05, 3.63) is 179 Å². The summed E-state index contributed by atoms with van der Waals surface area (Å²) in [6, 6.07) is 30.1. The van der Waals surface area contributed by atoms with Crippen LogP contribution in [0, 0.1) is 23.3 Å². The van der Waals surface area contributed by atoms with E-state index in [1.54, 1.807) is 90.1 Å². The predicted octanol–water partition coefficient (Wildman–Crippen LogP) is 11.9. The lowest BCUT2D eigenvalue weighted by atomic mass is 10.1. The average Bonchev–Trinajstić information content (AvgIpc) is 3.29. The number of benzene rings is 6. The number of amides is 6. The molecule has 6 amide bonds. The zero-order valence-electron chi connectivity index (χ0n) is 39.3. The molecular weight excluding hydrogens is 949 g/mol. The Balaban J connectivity index is 0.000000236. The van der Waals surface area contributed by atoms with E-state index in [-0.39, 0.29) is 11.1 Å². The predicted molar refractivity (Wildman–Crippen MR) is 261 cm³/mol. The molecule has 0 saturated carbocycles. The standard InChI is InChI=1S/C19H20N2O5.C18H18F2N2O3.C14H10F2N2O3/c1-19(2,3)26-18(25)21-13-10-8-12(9-11-13)20-16(22)14-6-4-5-7-15(14)17(23)24;1-18(2,3)25-17(24)22-12-9-7-11(8-10-12)21-16(23)13-5-4-6-14(19)15(13)20;15-8-1-6-12(16)11(7-8)13(19)17-9-2-4-10(5-3-9)18-14(20)21/h4-11H,1-3H3,(H,20,22)(H,21,25)(H,23,24);4-10H,1-3H3,(H,21,23)(H,22,24);1-7,18H,(H,17,19)(H,20,21). The molecule has 17 nitrogen and oxygen atoms in total. The minimum atomic E-state index is -1.21. The number of carboxylic acids is 1. The van der Waals surface area contributed by atoms with Gasteiger partial charge in [-0.3, -0.25) is 30.3 Å². The Morgan fingerprint density at radius 3 is 1.17 bits per heavy atom. The van der Waals surface area contributed by atoms with Crippen molar-refractivity contribution < 1.29 is 70.8 Å². The summed E-state index contributed by atoms with van der Waals surface area (Å²) in [5, 5.41) is 32.4. The van der Waals surface area contributed by atoms with Gasteiger partial charge in [0, 0.05) is 34.1 Å². The van der Waals surface area contributed by atoms with Crippen LogP contribution in [0.3, 0.4) is 0 Å². The maximum absolute atomic E-state index is 13.6. The molecule has 6 aromatic carbocycles. The van der Waals surface area contributed by atoms with Crippen molar-refractivity contribution in [2.45, 2.75) is 52.7 Å². The molecule has 0 aromatic heterocycles. The van der Waals surface area contributed by atoms with Crippen LogP contribution in [0.25, 0.3) is 0 Å². The molecule has 21 heteroatoms. The number of carbonyl (C=O) groups excluding carboxylic acids is 5. The van der Waals surface area contributed by atoms with E-state index in [1.807, 2.05) is 0 Å². The molecule has 0 unspecified atom stereocenters. The van der Waals surface area contributed by atoms with Gasteiger partial charge < -0.3 is 35.6 Å². The van der Waals surface area contributed by atoms with Gasteiger partial charge in [0.25, 0.3) is 17.7 Å². The number of carboxylic acid groups (broad SMARTS) is 2. The van der Waals surface area contributed by atoms with E-state index in [4.69, 9.17) is 19.7 Å². The second kappa shape index (κ2) is 24.8. The first-order chi connectivity index (χ1) is 33.8. The summed E-state index contributed by atoms with van der Waals surface area (Å²) >= 11 is 0. The largest absolute Gasteiger partial charge is 0.478 e. The van der Waals surface area contributed by atoms with Gasteiger partial charge in [-0.2, -0.15) is 0 Å². The van der Waals surface area contributed by atoms with Crippen LogP contribution in [0.4, 0.5) is 66.1 Å². The van der Waals surface area contributed by atoms with Crippen molar-refractivity contribution >= 4 is 76.1 Å². The van der Waals surface area contributed by atoms with Crippen LogP contribution in [0.2, 0.25) is 0 Å². The van der Waals surface area contributed by atoms with E-state index in [0.717, 1.165) is 24.3 Å². The number of carbonyl (C=O) groups is 7. The number of hydrogen-bond donors (Lipinski definition) is 8. The molecule has 376 valence electrons. The van der Waals surface area contributed by atoms with Crippen molar-refractivity contribution in [1.82, 2.24) is 0 Å². The fourth-order valence-corrected chi connectivity index (χ4v) is 5.69. The van der Waals surface area contributed by atoms with E-state index < -0.39 is 87.6 Å². The molecule has 0 aliphatic carbocycles. The summed E-state index contributed by atoms with van der Waals surface area (Å²) in [7, 11) is 0.